The fourth-order valence-corrected chi connectivity index (χ4v) is 3.19. The largest absolute Gasteiger partial charge is 0.505 e. The number of fused-ring (bicyclic) bond motifs is 1. The summed E-state index contributed by atoms with van der Waals surface area (Å²) < 4.78 is 0. The zero-order valence-electron chi connectivity index (χ0n) is 15.2. The Balaban J connectivity index is 2.29. The lowest BCUT2D eigenvalue weighted by molar-refractivity contribution is -0.383. The molecule has 0 spiro atoms. The van der Waals surface area contributed by atoms with Crippen LogP contribution in [0.2, 0.25) is 5.02 Å². The molecule has 0 bridgehead atoms. The molecule has 28 heavy (non-hydrogen) atoms. The maximum atomic E-state index is 12.4. The fourth-order valence-electron chi connectivity index (χ4n) is 2.94. The number of carbonyl (C=O) groups excluding carboxylic acids is 1. The van der Waals surface area contributed by atoms with Crippen molar-refractivity contribution in [1.82, 2.24) is 10.3 Å². The Morgan fingerprint density at radius 2 is 1.93 bits per heavy atom. The van der Waals surface area contributed by atoms with Gasteiger partial charge in [0.2, 0.25) is 5.91 Å². The first kappa shape index (κ1) is 19.6. The molecule has 3 aromatic rings. The van der Waals surface area contributed by atoms with Crippen LogP contribution in [0.5, 0.6) is 5.75 Å². The Hall–Kier alpha value is -3.19. The van der Waals surface area contributed by atoms with Gasteiger partial charge in [0.1, 0.15) is 11.3 Å². The van der Waals surface area contributed by atoms with Gasteiger partial charge in [-0.15, -0.1) is 0 Å². The molecule has 1 amide bonds. The predicted octanol–water partition coefficient (Wildman–Crippen LogP) is 4.36. The minimum absolute atomic E-state index is 0.0857. The summed E-state index contributed by atoms with van der Waals surface area (Å²) in [7, 11) is 0. The van der Waals surface area contributed by atoms with Crippen LogP contribution < -0.4 is 5.32 Å². The molecule has 0 aliphatic rings. The number of pyridine rings is 1. The van der Waals surface area contributed by atoms with Gasteiger partial charge in [-0.3, -0.25) is 19.9 Å². The third kappa shape index (κ3) is 3.61. The van der Waals surface area contributed by atoms with Gasteiger partial charge in [0.05, 0.1) is 16.4 Å². The second kappa shape index (κ2) is 7.82. The summed E-state index contributed by atoms with van der Waals surface area (Å²) in [4.78, 5) is 27.6. The summed E-state index contributed by atoms with van der Waals surface area (Å²) in [6.07, 6.45) is 1.44. The smallest absolute Gasteiger partial charge is 0.279 e. The zero-order chi connectivity index (χ0) is 20.4. The lowest BCUT2D eigenvalue weighted by atomic mass is 9.94. The van der Waals surface area contributed by atoms with Crippen molar-refractivity contribution in [2.45, 2.75) is 19.9 Å². The highest BCUT2D eigenvalue weighted by atomic mass is 35.5. The number of benzene rings is 2. The first-order chi connectivity index (χ1) is 13.3. The maximum Gasteiger partial charge on any atom is 0.279 e. The van der Waals surface area contributed by atoms with Crippen molar-refractivity contribution < 1.29 is 14.8 Å². The molecule has 0 saturated carbocycles. The quantitative estimate of drug-likeness (QED) is 0.489. The summed E-state index contributed by atoms with van der Waals surface area (Å²) in [5.74, 6) is -0.857. The van der Waals surface area contributed by atoms with E-state index in [4.69, 9.17) is 11.6 Å². The van der Waals surface area contributed by atoms with Gasteiger partial charge in [-0.1, -0.05) is 43.6 Å². The Bertz CT molecular complexity index is 1070. The topological polar surface area (TPSA) is 105 Å². The van der Waals surface area contributed by atoms with E-state index in [0.29, 0.717) is 10.6 Å². The van der Waals surface area contributed by atoms with E-state index in [2.05, 4.69) is 10.3 Å². The molecule has 2 N–H and O–H groups in total. The maximum absolute atomic E-state index is 12.4. The van der Waals surface area contributed by atoms with Crippen molar-refractivity contribution in [3.05, 3.63) is 74.9 Å². The molecule has 7 nitrogen and oxygen atoms in total. The lowest BCUT2D eigenvalue weighted by Crippen LogP contribution is -2.32. The first-order valence-corrected chi connectivity index (χ1v) is 8.98. The zero-order valence-corrected chi connectivity index (χ0v) is 16.0. The first-order valence-electron chi connectivity index (χ1n) is 8.61. The summed E-state index contributed by atoms with van der Waals surface area (Å²) in [6, 6.07) is 10.3. The van der Waals surface area contributed by atoms with Crippen LogP contribution in [0, 0.1) is 16.0 Å². The fraction of sp³-hybridized carbons (Fsp3) is 0.200. The van der Waals surface area contributed by atoms with E-state index in [1.54, 1.807) is 44.2 Å². The average Bonchev–Trinajstić information content (AvgIpc) is 2.67. The summed E-state index contributed by atoms with van der Waals surface area (Å²) >= 11 is 6.32. The number of halogens is 1. The summed E-state index contributed by atoms with van der Waals surface area (Å²) in [5, 5.41) is 25.9. The number of phenols is 1. The van der Waals surface area contributed by atoms with Crippen molar-refractivity contribution in [1.29, 1.82) is 0 Å². The van der Waals surface area contributed by atoms with Crippen LogP contribution in [0.4, 0.5) is 5.69 Å². The van der Waals surface area contributed by atoms with Crippen molar-refractivity contribution in [3.8, 4) is 5.75 Å². The molecule has 144 valence electrons. The van der Waals surface area contributed by atoms with E-state index < -0.39 is 11.0 Å². The van der Waals surface area contributed by atoms with Crippen LogP contribution in [-0.4, -0.2) is 20.9 Å². The van der Waals surface area contributed by atoms with Crippen molar-refractivity contribution in [2.24, 2.45) is 5.92 Å². The van der Waals surface area contributed by atoms with Gasteiger partial charge in [-0.05, 0) is 23.8 Å². The SMILES string of the molecule is CC(C)C(=O)N[C@@H](c1ccccc1Cl)c1cc([N+](=O)[O-])c2cccnc2c1O. The van der Waals surface area contributed by atoms with E-state index in [9.17, 15) is 20.0 Å². The van der Waals surface area contributed by atoms with E-state index in [0.717, 1.165) is 0 Å². The number of non-ortho nitro benzene ring substituents is 1. The number of amides is 1. The Labute approximate surface area is 166 Å². The van der Waals surface area contributed by atoms with Crippen LogP contribution in [-0.2, 0) is 4.79 Å². The van der Waals surface area contributed by atoms with Gasteiger partial charge >= 0.3 is 0 Å². The monoisotopic (exact) mass is 399 g/mol. The molecule has 0 aliphatic carbocycles. The van der Waals surface area contributed by atoms with Crippen LogP contribution in [0.15, 0.2) is 48.7 Å². The minimum Gasteiger partial charge on any atom is -0.505 e. The second-order valence-corrected chi connectivity index (χ2v) is 7.02. The molecule has 0 saturated heterocycles. The molecule has 3 rings (SSSR count). The number of aromatic hydroxyl groups is 1. The van der Waals surface area contributed by atoms with Crippen LogP contribution >= 0.6 is 11.6 Å². The van der Waals surface area contributed by atoms with Crippen LogP contribution in [0.1, 0.15) is 31.0 Å². The van der Waals surface area contributed by atoms with Gasteiger partial charge in [0.15, 0.2) is 0 Å². The number of carbonyl (C=O) groups is 1. The van der Waals surface area contributed by atoms with Gasteiger partial charge in [0, 0.05) is 28.8 Å². The van der Waals surface area contributed by atoms with Crippen molar-refractivity contribution in [3.63, 3.8) is 0 Å². The Morgan fingerprint density at radius 1 is 1.21 bits per heavy atom. The van der Waals surface area contributed by atoms with Crippen LogP contribution in [0.3, 0.4) is 0 Å². The minimum atomic E-state index is -0.881. The normalized spacial score (nSPS) is 12.1. The molecular formula is C20H18ClN3O4. The van der Waals surface area contributed by atoms with E-state index in [1.807, 2.05) is 0 Å². The van der Waals surface area contributed by atoms with Crippen LogP contribution in [0.25, 0.3) is 10.9 Å². The molecule has 1 atom stereocenters. The van der Waals surface area contributed by atoms with Crippen molar-refractivity contribution >= 4 is 34.1 Å². The average molecular weight is 400 g/mol. The molecule has 2 aromatic carbocycles. The number of nitro benzene ring substituents is 1. The molecule has 0 unspecified atom stereocenters. The number of aromatic nitrogens is 1. The molecule has 0 aliphatic heterocycles. The van der Waals surface area contributed by atoms with Gasteiger partial charge in [0.25, 0.3) is 5.69 Å². The molecule has 8 heteroatoms. The van der Waals surface area contributed by atoms with Gasteiger partial charge in [-0.25, -0.2) is 0 Å². The highest BCUT2D eigenvalue weighted by molar-refractivity contribution is 6.31. The van der Waals surface area contributed by atoms with E-state index >= 15 is 0 Å². The molecule has 1 aromatic heterocycles. The predicted molar refractivity (Wildman–Crippen MR) is 106 cm³/mol. The van der Waals surface area contributed by atoms with E-state index in [-0.39, 0.29) is 39.7 Å². The number of nitrogens with one attached hydrogen (secondary N) is 1. The van der Waals surface area contributed by atoms with E-state index in [1.165, 1.54) is 18.3 Å². The number of nitro groups is 1. The van der Waals surface area contributed by atoms with Gasteiger partial charge < -0.3 is 10.4 Å². The highest BCUT2D eigenvalue weighted by Crippen LogP contribution is 2.40. The number of rotatable bonds is 5. The number of hydrogen-bond donors (Lipinski definition) is 2. The molecular weight excluding hydrogens is 382 g/mol. The number of hydrogen-bond acceptors (Lipinski definition) is 5. The third-order valence-corrected chi connectivity index (χ3v) is 4.75. The molecule has 0 radical (unpaired) electrons. The Kier molecular flexibility index (Phi) is 5.46. The second-order valence-electron chi connectivity index (χ2n) is 6.61. The number of phenolic OH excluding ortho intramolecular Hbond substituents is 1. The van der Waals surface area contributed by atoms with Gasteiger partial charge in [-0.2, -0.15) is 0 Å². The summed E-state index contributed by atoms with van der Waals surface area (Å²) in [6.45, 7) is 3.45. The highest BCUT2D eigenvalue weighted by Gasteiger charge is 2.28. The molecule has 0 fully saturated rings. The lowest BCUT2D eigenvalue weighted by Gasteiger charge is -2.23. The number of nitrogens with zero attached hydrogens (tertiary/aromatic N) is 2. The Morgan fingerprint density at radius 3 is 2.57 bits per heavy atom. The third-order valence-electron chi connectivity index (χ3n) is 4.41. The standard InChI is InChI=1S/C20H18ClN3O4/c1-11(2)20(26)23-17(12-6-3-4-8-15(12)21)14-10-16(24(27)28)13-7-5-9-22-18(13)19(14)25/h3-11,17,25H,1-2H3,(H,23,26)/t17-/m0/s1. The summed E-state index contributed by atoms with van der Waals surface area (Å²) in [5.41, 5.74) is 0.535. The molecule has 1 heterocycles. The van der Waals surface area contributed by atoms with Crippen molar-refractivity contribution in [2.75, 3.05) is 0 Å².